The van der Waals surface area contributed by atoms with Crippen LogP contribution in [0.4, 0.5) is 5.69 Å². The number of hydrogen-bond donors (Lipinski definition) is 1. The summed E-state index contributed by atoms with van der Waals surface area (Å²) in [4.78, 5) is 14.8. The van der Waals surface area contributed by atoms with E-state index >= 15 is 0 Å². The van der Waals surface area contributed by atoms with Crippen LogP contribution in [-0.2, 0) is 6.54 Å². The second-order valence-electron chi connectivity index (χ2n) is 5.79. The number of halogens is 1. The van der Waals surface area contributed by atoms with Crippen molar-refractivity contribution < 1.29 is 9.53 Å². The number of carbonyl (C=O) groups is 1. The highest BCUT2D eigenvalue weighted by molar-refractivity contribution is 9.10. The number of anilines is 1. The van der Waals surface area contributed by atoms with E-state index in [2.05, 4.69) is 50.4 Å². The molecule has 2 aromatic carbocycles. The number of thioether (sulfide) groups is 1. The van der Waals surface area contributed by atoms with Gasteiger partial charge in [-0.05, 0) is 51.8 Å². The molecule has 4 nitrogen and oxygen atoms in total. The van der Waals surface area contributed by atoms with Crippen LogP contribution in [-0.4, -0.2) is 37.6 Å². The summed E-state index contributed by atoms with van der Waals surface area (Å²) in [6, 6.07) is 13.8. The van der Waals surface area contributed by atoms with Gasteiger partial charge >= 0.3 is 0 Å². The van der Waals surface area contributed by atoms with Crippen molar-refractivity contribution >= 4 is 39.3 Å². The monoisotopic (exact) mass is 420 g/mol. The fourth-order valence-corrected chi connectivity index (χ4v) is 4.06. The molecular weight excluding hydrogens is 400 g/mol. The lowest BCUT2D eigenvalue weighted by atomic mass is 10.1. The van der Waals surface area contributed by atoms with Gasteiger partial charge in [0.05, 0.1) is 12.7 Å². The Hall–Kier alpha value is -1.66. The maximum Gasteiger partial charge on any atom is 0.252 e. The fraction of sp³-hybridized carbons (Fsp3) is 0.316. The highest BCUT2D eigenvalue weighted by Gasteiger charge is 2.12. The van der Waals surface area contributed by atoms with Crippen LogP contribution in [0.25, 0.3) is 0 Å². The zero-order valence-corrected chi connectivity index (χ0v) is 16.5. The molecule has 3 rings (SSSR count). The number of nitrogens with one attached hydrogen (secondary N) is 1. The third kappa shape index (κ3) is 4.70. The summed E-state index contributed by atoms with van der Waals surface area (Å²) in [6.07, 6.45) is 0. The summed E-state index contributed by atoms with van der Waals surface area (Å²) in [5.41, 5.74) is 2.91. The van der Waals surface area contributed by atoms with E-state index < -0.39 is 0 Å². The molecule has 0 aromatic heterocycles. The average Bonchev–Trinajstić information content (AvgIpc) is 2.67. The molecule has 0 unspecified atom stereocenters. The van der Waals surface area contributed by atoms with Crippen molar-refractivity contribution in [3.8, 4) is 5.75 Å². The highest BCUT2D eigenvalue weighted by Crippen LogP contribution is 2.23. The van der Waals surface area contributed by atoms with Gasteiger partial charge in [0, 0.05) is 41.3 Å². The molecule has 0 radical (unpaired) electrons. The molecule has 1 amide bonds. The van der Waals surface area contributed by atoms with Gasteiger partial charge in [0.1, 0.15) is 5.75 Å². The first-order valence-electron chi connectivity index (χ1n) is 8.21. The van der Waals surface area contributed by atoms with Crippen LogP contribution in [0.1, 0.15) is 15.9 Å². The smallest absolute Gasteiger partial charge is 0.252 e. The van der Waals surface area contributed by atoms with Crippen molar-refractivity contribution in [2.75, 3.05) is 36.6 Å². The molecule has 1 N–H and O–H groups in total. The van der Waals surface area contributed by atoms with E-state index in [9.17, 15) is 4.79 Å². The van der Waals surface area contributed by atoms with Gasteiger partial charge in [-0.2, -0.15) is 11.8 Å². The van der Waals surface area contributed by atoms with Gasteiger partial charge in [0.15, 0.2) is 0 Å². The fourth-order valence-electron chi connectivity index (χ4n) is 2.73. The largest absolute Gasteiger partial charge is 0.497 e. The Balaban J connectivity index is 1.60. The zero-order valence-electron chi connectivity index (χ0n) is 14.1. The number of rotatable bonds is 5. The molecule has 1 fully saturated rings. The molecule has 0 spiro atoms. The van der Waals surface area contributed by atoms with Gasteiger partial charge in [0.25, 0.3) is 5.91 Å². The Morgan fingerprint density at radius 3 is 2.60 bits per heavy atom. The molecule has 1 aliphatic rings. The quantitative estimate of drug-likeness (QED) is 0.794. The maximum atomic E-state index is 12.4. The first kappa shape index (κ1) is 18.1. The standard InChI is InChI=1S/C19H21BrN2O2S/c1-24-16-6-7-18(20)17(12-16)19(23)21-13-14-2-4-15(5-3-14)22-8-10-25-11-9-22/h2-7,12H,8-11,13H2,1H3,(H,21,23). The molecule has 132 valence electrons. The summed E-state index contributed by atoms with van der Waals surface area (Å²) >= 11 is 5.42. The van der Waals surface area contributed by atoms with Crippen molar-refractivity contribution in [2.45, 2.75) is 6.54 Å². The minimum Gasteiger partial charge on any atom is -0.497 e. The van der Waals surface area contributed by atoms with E-state index in [-0.39, 0.29) is 5.91 Å². The SMILES string of the molecule is COc1ccc(Br)c(C(=O)NCc2ccc(N3CCSCC3)cc2)c1. The number of benzene rings is 2. The van der Waals surface area contributed by atoms with Crippen LogP contribution >= 0.6 is 27.7 Å². The number of ether oxygens (including phenoxy) is 1. The van der Waals surface area contributed by atoms with E-state index in [4.69, 9.17) is 4.74 Å². The Bertz CT molecular complexity index is 731. The van der Waals surface area contributed by atoms with Crippen LogP contribution < -0.4 is 15.0 Å². The van der Waals surface area contributed by atoms with Gasteiger partial charge in [-0.3, -0.25) is 4.79 Å². The molecule has 0 aliphatic carbocycles. The topological polar surface area (TPSA) is 41.6 Å². The second-order valence-corrected chi connectivity index (χ2v) is 7.87. The minimum absolute atomic E-state index is 0.122. The van der Waals surface area contributed by atoms with E-state index in [0.717, 1.165) is 23.1 Å². The molecule has 1 heterocycles. The van der Waals surface area contributed by atoms with E-state index in [1.54, 1.807) is 13.2 Å². The summed E-state index contributed by atoms with van der Waals surface area (Å²) < 4.78 is 5.94. The van der Waals surface area contributed by atoms with Gasteiger partial charge in [-0.1, -0.05) is 12.1 Å². The van der Waals surface area contributed by atoms with Crippen molar-refractivity contribution in [2.24, 2.45) is 0 Å². The summed E-state index contributed by atoms with van der Waals surface area (Å²) in [6.45, 7) is 2.70. The van der Waals surface area contributed by atoms with Gasteiger partial charge in [0.2, 0.25) is 0 Å². The van der Waals surface area contributed by atoms with Gasteiger partial charge in [-0.25, -0.2) is 0 Å². The third-order valence-corrected chi connectivity index (χ3v) is 5.82. The summed E-state index contributed by atoms with van der Waals surface area (Å²) in [5.74, 6) is 2.92. The molecule has 6 heteroatoms. The van der Waals surface area contributed by atoms with Crippen molar-refractivity contribution in [3.63, 3.8) is 0 Å². The predicted octanol–water partition coefficient (Wildman–Crippen LogP) is 3.94. The first-order chi connectivity index (χ1) is 12.2. The normalized spacial score (nSPS) is 14.2. The summed E-state index contributed by atoms with van der Waals surface area (Å²) in [7, 11) is 1.59. The minimum atomic E-state index is -0.122. The molecular formula is C19H21BrN2O2S. The van der Waals surface area contributed by atoms with Crippen LogP contribution in [0.2, 0.25) is 0 Å². The molecule has 1 saturated heterocycles. The van der Waals surface area contributed by atoms with Crippen molar-refractivity contribution in [1.82, 2.24) is 5.32 Å². The molecule has 25 heavy (non-hydrogen) atoms. The number of amides is 1. The van der Waals surface area contributed by atoms with Crippen LogP contribution in [0.5, 0.6) is 5.75 Å². The lowest BCUT2D eigenvalue weighted by Gasteiger charge is -2.28. The van der Waals surface area contributed by atoms with E-state index in [1.165, 1.54) is 17.2 Å². The van der Waals surface area contributed by atoms with Crippen molar-refractivity contribution in [1.29, 1.82) is 0 Å². The van der Waals surface area contributed by atoms with E-state index in [0.29, 0.717) is 17.9 Å². The Labute approximate surface area is 161 Å². The third-order valence-electron chi connectivity index (χ3n) is 4.18. The highest BCUT2D eigenvalue weighted by atomic mass is 79.9. The molecule has 1 aliphatic heterocycles. The van der Waals surface area contributed by atoms with Crippen LogP contribution in [0.3, 0.4) is 0 Å². The van der Waals surface area contributed by atoms with Crippen LogP contribution in [0.15, 0.2) is 46.9 Å². The zero-order chi connectivity index (χ0) is 17.6. The molecule has 0 atom stereocenters. The second kappa shape index (κ2) is 8.63. The Kier molecular flexibility index (Phi) is 6.26. The first-order valence-corrected chi connectivity index (χ1v) is 10.2. The molecule has 2 aromatic rings. The van der Waals surface area contributed by atoms with Gasteiger partial charge in [-0.15, -0.1) is 0 Å². The number of hydrogen-bond acceptors (Lipinski definition) is 4. The molecule has 0 bridgehead atoms. The van der Waals surface area contributed by atoms with Gasteiger partial charge < -0.3 is 15.0 Å². The number of methoxy groups -OCH3 is 1. The lowest BCUT2D eigenvalue weighted by molar-refractivity contribution is 0.0950. The predicted molar refractivity (Wildman–Crippen MR) is 108 cm³/mol. The maximum absolute atomic E-state index is 12.4. The van der Waals surface area contributed by atoms with Crippen molar-refractivity contribution in [3.05, 3.63) is 58.1 Å². The van der Waals surface area contributed by atoms with Crippen LogP contribution in [0, 0.1) is 0 Å². The number of nitrogens with zero attached hydrogens (tertiary/aromatic N) is 1. The lowest BCUT2D eigenvalue weighted by Crippen LogP contribution is -2.32. The summed E-state index contributed by atoms with van der Waals surface area (Å²) in [5, 5.41) is 2.96. The Morgan fingerprint density at radius 2 is 1.92 bits per heavy atom. The molecule has 0 saturated carbocycles. The number of carbonyl (C=O) groups excluding carboxylic acids is 1. The Morgan fingerprint density at radius 1 is 1.20 bits per heavy atom. The van der Waals surface area contributed by atoms with E-state index in [1.807, 2.05) is 23.9 Å². The average molecular weight is 421 g/mol.